The lowest BCUT2D eigenvalue weighted by Crippen LogP contribution is -2.35. The number of fused-ring (bicyclic) bond motifs is 1. The minimum Gasteiger partial charge on any atom is -0.397 e. The number of hydrogen-bond acceptors (Lipinski definition) is 4. The summed E-state index contributed by atoms with van der Waals surface area (Å²) in [6.45, 7) is 1.68. The van der Waals surface area contributed by atoms with E-state index in [1.807, 2.05) is 33.9 Å². The normalized spacial score (nSPS) is 14.9. The van der Waals surface area contributed by atoms with Gasteiger partial charge >= 0.3 is 0 Å². The maximum Gasteiger partial charge on any atom is 0.255 e. The molecule has 6 heteroatoms. The van der Waals surface area contributed by atoms with Gasteiger partial charge in [-0.15, -0.1) is 0 Å². The first-order chi connectivity index (χ1) is 11.7. The summed E-state index contributed by atoms with van der Waals surface area (Å²) in [6.07, 6.45) is 10.3. The van der Waals surface area contributed by atoms with Crippen LogP contribution in [0.25, 0.3) is 16.7 Å². The number of pyridine rings is 2. The molecule has 3 aromatic rings. The summed E-state index contributed by atoms with van der Waals surface area (Å²) < 4.78 is 1.92. The highest BCUT2D eigenvalue weighted by Crippen LogP contribution is 2.21. The third-order valence-corrected chi connectivity index (χ3v) is 4.44. The summed E-state index contributed by atoms with van der Waals surface area (Å²) in [7, 11) is 0. The van der Waals surface area contributed by atoms with Gasteiger partial charge in [0.25, 0.3) is 5.91 Å². The Hall–Kier alpha value is -2.89. The molecule has 0 unspecified atom stereocenters. The SMILES string of the molecule is Nc1cncc(-n2ccc3cc(C(=O)N4CCCCC4)cnc32)c1. The summed E-state index contributed by atoms with van der Waals surface area (Å²) in [4.78, 5) is 23.2. The molecule has 0 bridgehead atoms. The summed E-state index contributed by atoms with van der Waals surface area (Å²) in [5.41, 5.74) is 8.70. The van der Waals surface area contributed by atoms with Gasteiger partial charge in [0.2, 0.25) is 0 Å². The zero-order valence-corrected chi connectivity index (χ0v) is 13.4. The van der Waals surface area contributed by atoms with E-state index in [9.17, 15) is 4.79 Å². The number of hydrogen-bond donors (Lipinski definition) is 1. The van der Waals surface area contributed by atoms with Gasteiger partial charge < -0.3 is 10.6 Å². The zero-order chi connectivity index (χ0) is 16.5. The number of nitrogens with zero attached hydrogens (tertiary/aromatic N) is 4. The quantitative estimate of drug-likeness (QED) is 0.787. The summed E-state index contributed by atoms with van der Waals surface area (Å²) in [5, 5.41) is 0.931. The molecular formula is C18H19N5O. The van der Waals surface area contributed by atoms with E-state index in [1.54, 1.807) is 18.6 Å². The van der Waals surface area contributed by atoms with Crippen molar-refractivity contribution < 1.29 is 4.79 Å². The van der Waals surface area contributed by atoms with Gasteiger partial charge in [0.05, 0.1) is 23.1 Å². The fourth-order valence-electron chi connectivity index (χ4n) is 3.21. The highest BCUT2D eigenvalue weighted by atomic mass is 16.2. The number of anilines is 1. The van der Waals surface area contributed by atoms with Gasteiger partial charge in [-0.05, 0) is 37.5 Å². The van der Waals surface area contributed by atoms with Crippen LogP contribution in [0.1, 0.15) is 29.6 Å². The Balaban J connectivity index is 1.69. The predicted molar refractivity (Wildman–Crippen MR) is 93.0 cm³/mol. The fourth-order valence-corrected chi connectivity index (χ4v) is 3.21. The third-order valence-electron chi connectivity index (χ3n) is 4.44. The topological polar surface area (TPSA) is 77.0 Å². The highest BCUT2D eigenvalue weighted by Gasteiger charge is 2.19. The van der Waals surface area contributed by atoms with E-state index in [1.165, 1.54) is 6.42 Å². The number of nitrogen functional groups attached to an aromatic ring is 1. The van der Waals surface area contributed by atoms with Gasteiger partial charge in [0, 0.05) is 37.1 Å². The minimum absolute atomic E-state index is 0.0717. The van der Waals surface area contributed by atoms with Crippen LogP contribution in [0.5, 0.6) is 0 Å². The van der Waals surface area contributed by atoms with Crippen LogP contribution in [0.2, 0.25) is 0 Å². The molecule has 3 aromatic heterocycles. The Bertz CT molecular complexity index is 895. The molecule has 0 aliphatic carbocycles. The second kappa shape index (κ2) is 5.96. The molecule has 0 radical (unpaired) electrons. The average Bonchev–Trinajstić information content (AvgIpc) is 3.05. The first-order valence-electron chi connectivity index (χ1n) is 8.20. The lowest BCUT2D eigenvalue weighted by Gasteiger charge is -2.26. The van der Waals surface area contributed by atoms with Gasteiger partial charge in [-0.25, -0.2) is 4.98 Å². The van der Waals surface area contributed by atoms with Crippen LogP contribution in [-0.2, 0) is 0 Å². The smallest absolute Gasteiger partial charge is 0.255 e. The van der Waals surface area contributed by atoms with Gasteiger partial charge in [-0.1, -0.05) is 0 Å². The maximum atomic E-state index is 12.6. The molecule has 1 aliphatic heterocycles. The first-order valence-corrected chi connectivity index (χ1v) is 8.20. The molecule has 24 heavy (non-hydrogen) atoms. The molecule has 4 rings (SSSR count). The molecule has 0 saturated carbocycles. The molecule has 4 heterocycles. The van der Waals surface area contributed by atoms with E-state index in [2.05, 4.69) is 9.97 Å². The molecule has 122 valence electrons. The second-order valence-electron chi connectivity index (χ2n) is 6.15. The lowest BCUT2D eigenvalue weighted by atomic mass is 10.1. The number of carbonyl (C=O) groups is 1. The molecule has 2 N–H and O–H groups in total. The standard InChI is InChI=1S/C18H19N5O/c19-15-9-16(12-20-11-15)23-7-4-13-8-14(10-21-17(13)23)18(24)22-5-2-1-3-6-22/h4,7-12H,1-3,5-6,19H2. The molecule has 6 nitrogen and oxygen atoms in total. The van der Waals surface area contributed by atoms with Crippen LogP contribution >= 0.6 is 0 Å². The molecule has 0 aromatic carbocycles. The zero-order valence-electron chi connectivity index (χ0n) is 13.4. The summed E-state index contributed by atoms with van der Waals surface area (Å²) >= 11 is 0. The number of nitrogens with two attached hydrogens (primary N) is 1. The molecule has 1 aliphatic rings. The number of aromatic nitrogens is 3. The summed E-state index contributed by atoms with van der Waals surface area (Å²) in [6, 6.07) is 5.72. The van der Waals surface area contributed by atoms with Crippen molar-refractivity contribution in [1.29, 1.82) is 0 Å². The van der Waals surface area contributed by atoms with Gasteiger partial charge in [-0.3, -0.25) is 14.3 Å². The van der Waals surface area contributed by atoms with Crippen LogP contribution < -0.4 is 5.73 Å². The van der Waals surface area contributed by atoms with Crippen molar-refractivity contribution in [2.24, 2.45) is 0 Å². The monoisotopic (exact) mass is 321 g/mol. The van der Waals surface area contributed by atoms with E-state index in [0.29, 0.717) is 11.3 Å². The van der Waals surface area contributed by atoms with E-state index >= 15 is 0 Å². The molecule has 1 amide bonds. The van der Waals surface area contributed by atoms with E-state index in [0.717, 1.165) is 42.7 Å². The van der Waals surface area contributed by atoms with Crippen molar-refractivity contribution in [2.75, 3.05) is 18.8 Å². The summed E-state index contributed by atoms with van der Waals surface area (Å²) in [5.74, 6) is 0.0717. The number of carbonyl (C=O) groups excluding carboxylic acids is 1. The number of amides is 1. The van der Waals surface area contributed by atoms with Crippen molar-refractivity contribution in [1.82, 2.24) is 19.4 Å². The van der Waals surface area contributed by atoms with Gasteiger partial charge in [0.15, 0.2) is 0 Å². The third kappa shape index (κ3) is 2.60. The van der Waals surface area contributed by atoms with Crippen LogP contribution in [0, 0.1) is 0 Å². The molecule has 1 saturated heterocycles. The maximum absolute atomic E-state index is 12.6. The number of rotatable bonds is 2. The van der Waals surface area contributed by atoms with Crippen LogP contribution in [-0.4, -0.2) is 38.4 Å². The van der Waals surface area contributed by atoms with E-state index in [-0.39, 0.29) is 5.91 Å². The average molecular weight is 321 g/mol. The Labute approximate surface area is 139 Å². The highest BCUT2D eigenvalue weighted by molar-refractivity contribution is 5.97. The van der Waals surface area contributed by atoms with Crippen molar-refractivity contribution >= 4 is 22.6 Å². The minimum atomic E-state index is 0.0717. The van der Waals surface area contributed by atoms with E-state index in [4.69, 9.17) is 5.73 Å². The van der Waals surface area contributed by atoms with Crippen LogP contribution in [0.3, 0.4) is 0 Å². The first kappa shape index (κ1) is 14.7. The van der Waals surface area contributed by atoms with Gasteiger partial charge in [0.1, 0.15) is 5.65 Å². The molecule has 0 spiro atoms. The number of piperidine rings is 1. The predicted octanol–water partition coefficient (Wildman–Crippen LogP) is 2.63. The molecular weight excluding hydrogens is 302 g/mol. The number of likely N-dealkylation sites (tertiary alicyclic amines) is 1. The van der Waals surface area contributed by atoms with Gasteiger partial charge in [-0.2, -0.15) is 0 Å². The van der Waals surface area contributed by atoms with Crippen molar-refractivity contribution in [3.63, 3.8) is 0 Å². The Morgan fingerprint density at radius 2 is 1.92 bits per heavy atom. The fraction of sp³-hybridized carbons (Fsp3) is 0.278. The largest absolute Gasteiger partial charge is 0.397 e. The van der Waals surface area contributed by atoms with Crippen LogP contribution in [0.15, 0.2) is 43.0 Å². The van der Waals surface area contributed by atoms with Crippen molar-refractivity contribution in [2.45, 2.75) is 19.3 Å². The lowest BCUT2D eigenvalue weighted by molar-refractivity contribution is 0.0724. The Morgan fingerprint density at radius 3 is 2.71 bits per heavy atom. The Morgan fingerprint density at radius 1 is 1.08 bits per heavy atom. The molecule has 1 fully saturated rings. The van der Waals surface area contributed by atoms with Crippen molar-refractivity contribution in [3.8, 4) is 5.69 Å². The van der Waals surface area contributed by atoms with Crippen LogP contribution in [0.4, 0.5) is 5.69 Å². The Kier molecular flexibility index (Phi) is 3.65. The van der Waals surface area contributed by atoms with Crippen molar-refractivity contribution in [3.05, 3.63) is 48.5 Å². The molecule has 0 atom stereocenters. The second-order valence-corrected chi connectivity index (χ2v) is 6.15. The van der Waals surface area contributed by atoms with E-state index < -0.39 is 0 Å².